The zero-order chi connectivity index (χ0) is 15.9. The number of benzene rings is 1. The lowest BCUT2D eigenvalue weighted by Gasteiger charge is -2.19. The minimum absolute atomic E-state index is 0.0822. The second kappa shape index (κ2) is 7.99. The topological polar surface area (TPSA) is 46.5 Å². The van der Waals surface area contributed by atoms with E-state index < -0.39 is 11.7 Å². The number of aryl methyl sites for hydroxylation is 1. The fourth-order valence-corrected chi connectivity index (χ4v) is 1.92. The van der Waals surface area contributed by atoms with Gasteiger partial charge in [0.1, 0.15) is 5.60 Å². The van der Waals surface area contributed by atoms with Crippen LogP contribution in [0.25, 0.3) is 0 Å². The molecule has 1 N–H and O–H groups in total. The molecular formula is C18H26O3. The van der Waals surface area contributed by atoms with Crippen molar-refractivity contribution in [2.75, 3.05) is 0 Å². The van der Waals surface area contributed by atoms with Gasteiger partial charge in [0.05, 0.1) is 6.10 Å². The summed E-state index contributed by atoms with van der Waals surface area (Å²) in [7, 11) is 0. The quantitative estimate of drug-likeness (QED) is 0.644. The summed E-state index contributed by atoms with van der Waals surface area (Å²) >= 11 is 0. The highest BCUT2D eigenvalue weighted by molar-refractivity contribution is 5.82. The fourth-order valence-electron chi connectivity index (χ4n) is 1.92. The minimum Gasteiger partial charge on any atom is -0.457 e. The van der Waals surface area contributed by atoms with E-state index >= 15 is 0 Å². The van der Waals surface area contributed by atoms with E-state index in [0.717, 1.165) is 6.42 Å². The molecule has 1 aromatic carbocycles. The van der Waals surface area contributed by atoms with Gasteiger partial charge in [-0.1, -0.05) is 43.3 Å². The van der Waals surface area contributed by atoms with Crippen LogP contribution in [-0.4, -0.2) is 22.8 Å². The molecule has 3 heteroatoms. The molecule has 0 spiro atoms. The van der Waals surface area contributed by atoms with Crippen molar-refractivity contribution in [1.29, 1.82) is 0 Å². The van der Waals surface area contributed by atoms with Crippen molar-refractivity contribution in [1.82, 2.24) is 0 Å². The molecule has 3 nitrogen and oxygen atoms in total. The summed E-state index contributed by atoms with van der Waals surface area (Å²) in [5.74, 6) is -0.453. The lowest BCUT2D eigenvalue weighted by molar-refractivity contribution is -0.148. The first-order chi connectivity index (χ1) is 9.78. The van der Waals surface area contributed by atoms with Crippen LogP contribution in [0.5, 0.6) is 0 Å². The summed E-state index contributed by atoms with van der Waals surface area (Å²) in [4.78, 5) is 11.6. The third-order valence-electron chi connectivity index (χ3n) is 3.12. The number of carbonyl (C=O) groups excluding carboxylic acids is 1. The number of esters is 1. The predicted octanol–water partition coefficient (Wildman–Crippen LogP) is 3.51. The number of hydrogen-bond donors (Lipinski definition) is 1. The van der Waals surface area contributed by atoms with Gasteiger partial charge in [0.2, 0.25) is 0 Å². The number of ether oxygens (including phenoxy) is 1. The van der Waals surface area contributed by atoms with E-state index in [1.54, 1.807) is 6.08 Å². The van der Waals surface area contributed by atoms with Gasteiger partial charge in [-0.25, -0.2) is 4.79 Å². The van der Waals surface area contributed by atoms with Crippen LogP contribution in [0.15, 0.2) is 42.5 Å². The Morgan fingerprint density at radius 2 is 1.90 bits per heavy atom. The number of carbonyl (C=O) groups is 1. The van der Waals surface area contributed by atoms with Crippen LogP contribution < -0.4 is 0 Å². The molecule has 0 saturated carbocycles. The Balaban J connectivity index is 2.40. The molecule has 0 bridgehead atoms. The van der Waals surface area contributed by atoms with Crippen LogP contribution in [0.2, 0.25) is 0 Å². The fraction of sp³-hybridized carbons (Fsp3) is 0.500. The molecule has 2 atom stereocenters. The third kappa shape index (κ3) is 7.66. The van der Waals surface area contributed by atoms with Crippen molar-refractivity contribution in [2.24, 2.45) is 5.92 Å². The summed E-state index contributed by atoms with van der Waals surface area (Å²) in [6, 6.07) is 10.1. The molecule has 0 radical (unpaired) electrons. The Labute approximate surface area is 127 Å². The first-order valence-electron chi connectivity index (χ1n) is 7.41. The van der Waals surface area contributed by atoms with Crippen molar-refractivity contribution in [3.8, 4) is 0 Å². The highest BCUT2D eigenvalue weighted by atomic mass is 16.6. The van der Waals surface area contributed by atoms with E-state index in [9.17, 15) is 9.90 Å². The summed E-state index contributed by atoms with van der Waals surface area (Å²) in [5, 5.41) is 10.1. The second-order valence-corrected chi connectivity index (χ2v) is 6.34. The maximum atomic E-state index is 11.6. The lowest BCUT2D eigenvalue weighted by Crippen LogP contribution is -2.23. The number of rotatable bonds is 6. The summed E-state index contributed by atoms with van der Waals surface area (Å²) in [6.07, 6.45) is 4.14. The van der Waals surface area contributed by atoms with Crippen LogP contribution in [0, 0.1) is 5.92 Å². The Morgan fingerprint density at radius 3 is 2.48 bits per heavy atom. The van der Waals surface area contributed by atoms with E-state index in [1.807, 2.05) is 58.0 Å². The molecule has 0 heterocycles. The number of aliphatic hydroxyl groups is 1. The van der Waals surface area contributed by atoms with E-state index in [0.29, 0.717) is 6.42 Å². The van der Waals surface area contributed by atoms with Gasteiger partial charge in [-0.15, -0.1) is 0 Å². The number of hydrogen-bond acceptors (Lipinski definition) is 3. The average molecular weight is 290 g/mol. The molecule has 116 valence electrons. The van der Waals surface area contributed by atoms with Crippen LogP contribution >= 0.6 is 0 Å². The van der Waals surface area contributed by atoms with E-state index in [-0.39, 0.29) is 11.9 Å². The molecule has 0 aromatic heterocycles. The Morgan fingerprint density at radius 1 is 1.29 bits per heavy atom. The Kier molecular flexibility index (Phi) is 6.63. The Bertz CT molecular complexity index is 457. The van der Waals surface area contributed by atoms with Gasteiger partial charge in [-0.05, 0) is 39.2 Å². The van der Waals surface area contributed by atoms with E-state index in [1.165, 1.54) is 11.6 Å². The minimum atomic E-state index is -0.489. The molecule has 0 unspecified atom stereocenters. The first-order valence-corrected chi connectivity index (χ1v) is 7.41. The standard InChI is InChI=1S/C18H26O3/c1-14(10-13-17(20)21-18(2,3)4)16(19)12-11-15-8-6-5-7-9-15/h5-10,13-14,16,19H,11-12H2,1-4H3/b13-10+/t14-,16+/m1/s1. The molecule has 0 aliphatic heterocycles. The molecule has 0 aliphatic rings. The lowest BCUT2D eigenvalue weighted by atomic mass is 9.97. The van der Waals surface area contributed by atoms with E-state index in [2.05, 4.69) is 0 Å². The van der Waals surface area contributed by atoms with Gasteiger partial charge in [-0.2, -0.15) is 0 Å². The SMILES string of the molecule is C[C@H](/C=C/C(=O)OC(C)(C)C)[C@@H](O)CCc1ccccc1. The zero-order valence-electron chi connectivity index (χ0n) is 13.4. The largest absolute Gasteiger partial charge is 0.457 e. The second-order valence-electron chi connectivity index (χ2n) is 6.34. The van der Waals surface area contributed by atoms with Gasteiger partial charge in [0.15, 0.2) is 0 Å². The van der Waals surface area contributed by atoms with Gasteiger partial charge < -0.3 is 9.84 Å². The molecule has 0 saturated heterocycles. The normalized spacial score (nSPS) is 14.9. The highest BCUT2D eigenvalue weighted by Crippen LogP contribution is 2.13. The average Bonchev–Trinajstić information content (AvgIpc) is 2.41. The molecule has 0 fully saturated rings. The van der Waals surface area contributed by atoms with Gasteiger partial charge in [0.25, 0.3) is 0 Å². The molecular weight excluding hydrogens is 264 g/mol. The van der Waals surface area contributed by atoms with Crippen LogP contribution in [0.4, 0.5) is 0 Å². The summed E-state index contributed by atoms with van der Waals surface area (Å²) in [6.45, 7) is 7.39. The molecule has 0 aliphatic carbocycles. The van der Waals surface area contributed by atoms with Crippen molar-refractivity contribution in [3.63, 3.8) is 0 Å². The smallest absolute Gasteiger partial charge is 0.330 e. The highest BCUT2D eigenvalue weighted by Gasteiger charge is 2.15. The molecule has 1 aromatic rings. The van der Waals surface area contributed by atoms with Gasteiger partial charge in [-0.3, -0.25) is 0 Å². The van der Waals surface area contributed by atoms with Crippen LogP contribution in [0.3, 0.4) is 0 Å². The zero-order valence-corrected chi connectivity index (χ0v) is 13.4. The maximum Gasteiger partial charge on any atom is 0.330 e. The van der Waals surface area contributed by atoms with E-state index in [4.69, 9.17) is 4.74 Å². The molecule has 0 amide bonds. The van der Waals surface area contributed by atoms with Crippen LogP contribution in [0.1, 0.15) is 39.7 Å². The maximum absolute atomic E-state index is 11.6. The Hall–Kier alpha value is -1.61. The summed E-state index contributed by atoms with van der Waals surface area (Å²) in [5.41, 5.74) is 0.719. The van der Waals surface area contributed by atoms with Crippen molar-refractivity contribution in [3.05, 3.63) is 48.0 Å². The van der Waals surface area contributed by atoms with Crippen molar-refractivity contribution < 1.29 is 14.6 Å². The van der Waals surface area contributed by atoms with Crippen molar-refractivity contribution in [2.45, 2.75) is 52.2 Å². The summed E-state index contributed by atoms with van der Waals surface area (Å²) < 4.78 is 5.19. The third-order valence-corrected chi connectivity index (χ3v) is 3.12. The number of aliphatic hydroxyl groups excluding tert-OH is 1. The first kappa shape index (κ1) is 17.4. The van der Waals surface area contributed by atoms with Crippen molar-refractivity contribution >= 4 is 5.97 Å². The van der Waals surface area contributed by atoms with Gasteiger partial charge >= 0.3 is 5.97 Å². The van der Waals surface area contributed by atoms with Crippen LogP contribution in [-0.2, 0) is 16.0 Å². The predicted molar refractivity (Wildman–Crippen MR) is 84.9 cm³/mol. The monoisotopic (exact) mass is 290 g/mol. The molecule has 1 rings (SSSR count). The molecule has 21 heavy (non-hydrogen) atoms. The van der Waals surface area contributed by atoms with Gasteiger partial charge in [0, 0.05) is 12.0 Å².